The maximum absolute atomic E-state index is 12.5. The third-order valence-corrected chi connectivity index (χ3v) is 5.59. The fourth-order valence-corrected chi connectivity index (χ4v) is 4.16. The molecule has 4 nitrogen and oxygen atoms in total. The molecule has 124 valence electrons. The predicted octanol–water partition coefficient (Wildman–Crippen LogP) is 2.02. The summed E-state index contributed by atoms with van der Waals surface area (Å²) in [6.45, 7) is 1.63. The fraction of sp³-hybridized carbons (Fsp3) is 0.571. The van der Waals surface area contributed by atoms with Crippen LogP contribution in [0.3, 0.4) is 0 Å². The molecule has 22 heavy (non-hydrogen) atoms. The molecule has 0 bridgehead atoms. The van der Waals surface area contributed by atoms with E-state index in [0.29, 0.717) is 13.1 Å². The van der Waals surface area contributed by atoms with E-state index in [0.717, 1.165) is 13.0 Å². The molecule has 1 aromatic rings. The largest absolute Gasteiger partial charge is 0.393 e. The van der Waals surface area contributed by atoms with Crippen LogP contribution in [0, 0.1) is 5.92 Å². The van der Waals surface area contributed by atoms with E-state index in [2.05, 4.69) is 5.32 Å². The Balaban J connectivity index is 2.10. The van der Waals surface area contributed by atoms with Gasteiger partial charge in [0, 0.05) is 13.1 Å². The molecule has 0 aliphatic carbocycles. The second kappa shape index (κ2) is 6.55. The molecule has 1 aromatic carbocycles. The van der Waals surface area contributed by atoms with Crippen molar-refractivity contribution in [1.29, 1.82) is 0 Å². The van der Waals surface area contributed by atoms with Gasteiger partial charge in [0.15, 0.2) is 0 Å². The van der Waals surface area contributed by atoms with Crippen molar-refractivity contribution in [2.24, 2.45) is 5.92 Å². The average molecular weight is 336 g/mol. The van der Waals surface area contributed by atoms with Crippen LogP contribution in [0.2, 0.25) is 0 Å². The third-order valence-electron chi connectivity index (χ3n) is 3.71. The van der Waals surface area contributed by atoms with Crippen LogP contribution < -0.4 is 5.32 Å². The van der Waals surface area contributed by atoms with Gasteiger partial charge in [-0.05, 0) is 43.6 Å². The minimum atomic E-state index is -4.30. The molecule has 0 saturated carbocycles. The van der Waals surface area contributed by atoms with Crippen molar-refractivity contribution in [3.8, 4) is 0 Å². The maximum atomic E-state index is 12.5. The van der Waals surface area contributed by atoms with E-state index < -0.39 is 22.6 Å². The highest BCUT2D eigenvalue weighted by molar-refractivity contribution is 7.89. The van der Waals surface area contributed by atoms with Gasteiger partial charge >= 0.3 is 6.18 Å². The SMILES string of the molecule is CNCC1CCN(S(=O)(=O)c2ccc(CC(F)(F)F)cc2)C1. The first-order chi connectivity index (χ1) is 10.2. The Morgan fingerprint density at radius 2 is 1.91 bits per heavy atom. The van der Waals surface area contributed by atoms with Gasteiger partial charge in [0.2, 0.25) is 10.0 Å². The van der Waals surface area contributed by atoms with E-state index in [-0.39, 0.29) is 16.4 Å². The Labute approximate surface area is 128 Å². The van der Waals surface area contributed by atoms with Crippen LogP contribution in [-0.2, 0) is 16.4 Å². The summed E-state index contributed by atoms with van der Waals surface area (Å²) in [4.78, 5) is 0.0449. The molecular formula is C14H19F3N2O2S. The zero-order valence-electron chi connectivity index (χ0n) is 12.2. The molecule has 2 rings (SSSR count). The lowest BCUT2D eigenvalue weighted by atomic mass is 10.1. The quantitative estimate of drug-likeness (QED) is 0.895. The smallest absolute Gasteiger partial charge is 0.319 e. The number of benzene rings is 1. The molecule has 0 aromatic heterocycles. The highest BCUT2D eigenvalue weighted by Crippen LogP contribution is 2.26. The lowest BCUT2D eigenvalue weighted by Crippen LogP contribution is -2.30. The number of halogens is 3. The van der Waals surface area contributed by atoms with Crippen LogP contribution in [0.1, 0.15) is 12.0 Å². The Morgan fingerprint density at radius 1 is 1.27 bits per heavy atom. The maximum Gasteiger partial charge on any atom is 0.393 e. The van der Waals surface area contributed by atoms with Gasteiger partial charge < -0.3 is 5.32 Å². The second-order valence-corrected chi connectivity index (χ2v) is 7.45. The van der Waals surface area contributed by atoms with Gasteiger partial charge in [-0.1, -0.05) is 12.1 Å². The summed E-state index contributed by atoms with van der Waals surface area (Å²) in [5.41, 5.74) is 0.0564. The zero-order valence-corrected chi connectivity index (χ0v) is 13.0. The third kappa shape index (κ3) is 4.21. The van der Waals surface area contributed by atoms with Gasteiger partial charge in [0.25, 0.3) is 0 Å². The number of nitrogens with zero attached hydrogens (tertiary/aromatic N) is 1. The van der Waals surface area contributed by atoms with E-state index in [1.807, 2.05) is 7.05 Å². The summed E-state index contributed by atoms with van der Waals surface area (Å²) in [5, 5.41) is 3.02. The molecule has 1 atom stereocenters. The normalized spacial score (nSPS) is 20.5. The van der Waals surface area contributed by atoms with E-state index in [9.17, 15) is 21.6 Å². The lowest BCUT2D eigenvalue weighted by molar-refractivity contribution is -0.127. The van der Waals surface area contributed by atoms with E-state index >= 15 is 0 Å². The van der Waals surface area contributed by atoms with E-state index in [1.54, 1.807) is 0 Å². The molecule has 0 amide bonds. The summed E-state index contributed by atoms with van der Waals surface area (Å²) in [6, 6.07) is 4.95. The molecule has 1 N–H and O–H groups in total. The van der Waals surface area contributed by atoms with Crippen molar-refractivity contribution in [2.75, 3.05) is 26.7 Å². The summed E-state index contributed by atoms with van der Waals surface area (Å²) in [7, 11) is -1.81. The summed E-state index contributed by atoms with van der Waals surface area (Å²) < 4.78 is 63.2. The van der Waals surface area contributed by atoms with Gasteiger partial charge in [-0.2, -0.15) is 17.5 Å². The van der Waals surface area contributed by atoms with Gasteiger partial charge in [0.05, 0.1) is 11.3 Å². The molecule has 1 saturated heterocycles. The Morgan fingerprint density at radius 3 is 2.45 bits per heavy atom. The number of sulfonamides is 1. The van der Waals surface area contributed by atoms with Gasteiger partial charge in [0.1, 0.15) is 0 Å². The fourth-order valence-electron chi connectivity index (χ4n) is 2.63. The van der Waals surface area contributed by atoms with Crippen LogP contribution in [0.15, 0.2) is 29.2 Å². The molecule has 0 spiro atoms. The van der Waals surface area contributed by atoms with Crippen LogP contribution >= 0.6 is 0 Å². The number of alkyl halides is 3. The zero-order chi connectivity index (χ0) is 16.4. The minimum Gasteiger partial charge on any atom is -0.319 e. The van der Waals surface area contributed by atoms with Crippen molar-refractivity contribution in [3.05, 3.63) is 29.8 Å². The second-order valence-electron chi connectivity index (χ2n) is 5.51. The number of nitrogens with one attached hydrogen (secondary N) is 1. The first kappa shape index (κ1) is 17.2. The summed E-state index contributed by atoms with van der Waals surface area (Å²) >= 11 is 0. The Hall–Kier alpha value is -1.12. The predicted molar refractivity (Wildman–Crippen MR) is 77.0 cm³/mol. The van der Waals surface area contributed by atoms with Crippen molar-refractivity contribution in [2.45, 2.75) is 23.9 Å². The van der Waals surface area contributed by atoms with Crippen molar-refractivity contribution in [3.63, 3.8) is 0 Å². The van der Waals surface area contributed by atoms with Crippen LogP contribution in [-0.4, -0.2) is 45.6 Å². The van der Waals surface area contributed by atoms with Crippen molar-refractivity contribution in [1.82, 2.24) is 9.62 Å². The molecule has 1 fully saturated rings. The topological polar surface area (TPSA) is 49.4 Å². The molecule has 1 unspecified atom stereocenters. The average Bonchev–Trinajstić information content (AvgIpc) is 2.87. The number of rotatable bonds is 5. The van der Waals surface area contributed by atoms with E-state index in [4.69, 9.17) is 0 Å². The molecule has 0 radical (unpaired) electrons. The van der Waals surface area contributed by atoms with Crippen LogP contribution in [0.25, 0.3) is 0 Å². The van der Waals surface area contributed by atoms with Crippen LogP contribution in [0.5, 0.6) is 0 Å². The standard InChI is InChI=1S/C14H19F3N2O2S/c1-18-9-12-6-7-19(10-12)22(20,21)13-4-2-11(3-5-13)8-14(15,16)17/h2-5,12,18H,6-10H2,1H3. The summed E-state index contributed by atoms with van der Waals surface area (Å²) in [5.74, 6) is 0.268. The van der Waals surface area contributed by atoms with Gasteiger partial charge in [-0.15, -0.1) is 0 Å². The monoisotopic (exact) mass is 336 g/mol. The van der Waals surface area contributed by atoms with Gasteiger partial charge in [-0.25, -0.2) is 8.42 Å². The lowest BCUT2D eigenvalue weighted by Gasteiger charge is -2.17. The van der Waals surface area contributed by atoms with Crippen molar-refractivity contribution >= 4 is 10.0 Å². The molecule has 1 heterocycles. The minimum absolute atomic E-state index is 0.0449. The molecule has 1 aliphatic heterocycles. The highest BCUT2D eigenvalue weighted by atomic mass is 32.2. The van der Waals surface area contributed by atoms with Gasteiger partial charge in [-0.3, -0.25) is 0 Å². The number of hydrogen-bond donors (Lipinski definition) is 1. The van der Waals surface area contributed by atoms with E-state index in [1.165, 1.54) is 28.6 Å². The first-order valence-corrected chi connectivity index (χ1v) is 8.47. The van der Waals surface area contributed by atoms with Crippen molar-refractivity contribution < 1.29 is 21.6 Å². The Bertz CT molecular complexity index is 600. The molecule has 1 aliphatic rings. The first-order valence-electron chi connectivity index (χ1n) is 7.03. The molecular weight excluding hydrogens is 317 g/mol. The van der Waals surface area contributed by atoms with Crippen LogP contribution in [0.4, 0.5) is 13.2 Å². The highest BCUT2D eigenvalue weighted by Gasteiger charge is 2.32. The molecule has 8 heteroatoms. The number of hydrogen-bond acceptors (Lipinski definition) is 3. The Kier molecular flexibility index (Phi) is 5.14. The summed E-state index contributed by atoms with van der Waals surface area (Å²) in [6.07, 6.45) is -4.57.